The molecular weight excluding hydrogens is 164 g/mol. The molecule has 0 aliphatic heterocycles. The van der Waals surface area contributed by atoms with Crippen molar-refractivity contribution in [1.29, 1.82) is 0 Å². The van der Waals surface area contributed by atoms with Gasteiger partial charge in [0.25, 0.3) is 0 Å². The minimum atomic E-state index is -1.06. The van der Waals surface area contributed by atoms with E-state index in [9.17, 15) is 19.2 Å². The van der Waals surface area contributed by atoms with Crippen LogP contribution in [0.3, 0.4) is 0 Å². The van der Waals surface area contributed by atoms with Crippen LogP contribution < -0.4 is 10.6 Å². The molecule has 0 unspecified atom stereocenters. The standard InChI is InChI=1S/C6H8N2O4/c1-4(5(11)7-2-9)6(12)8-3-10/h2-4H,1H3,(H,7,9,11)(H,8,10,12). The molecule has 0 rings (SSSR count). The minimum Gasteiger partial charge on any atom is -0.298 e. The Morgan fingerprint density at radius 2 is 1.42 bits per heavy atom. The highest BCUT2D eigenvalue weighted by molar-refractivity contribution is 6.05. The Morgan fingerprint density at radius 3 is 1.67 bits per heavy atom. The maximum absolute atomic E-state index is 10.7. The number of nitrogens with one attached hydrogen (secondary N) is 2. The number of hydrogen-bond acceptors (Lipinski definition) is 4. The first kappa shape index (κ1) is 10.3. The first-order chi connectivity index (χ1) is 5.63. The van der Waals surface area contributed by atoms with Gasteiger partial charge in [-0.15, -0.1) is 0 Å². The lowest BCUT2D eigenvalue weighted by atomic mass is 10.1. The predicted molar refractivity (Wildman–Crippen MR) is 37.6 cm³/mol. The van der Waals surface area contributed by atoms with Gasteiger partial charge in [0.05, 0.1) is 0 Å². The van der Waals surface area contributed by atoms with Crippen LogP contribution in [0.25, 0.3) is 0 Å². The van der Waals surface area contributed by atoms with Crippen molar-refractivity contribution in [3.8, 4) is 0 Å². The van der Waals surface area contributed by atoms with E-state index in [4.69, 9.17) is 0 Å². The number of hydrogen-bond donors (Lipinski definition) is 2. The lowest BCUT2D eigenvalue weighted by Gasteiger charge is -2.05. The quantitative estimate of drug-likeness (QED) is 0.385. The molecule has 6 nitrogen and oxygen atoms in total. The van der Waals surface area contributed by atoms with Gasteiger partial charge >= 0.3 is 0 Å². The molecule has 0 spiro atoms. The van der Waals surface area contributed by atoms with E-state index in [1.54, 1.807) is 10.6 Å². The van der Waals surface area contributed by atoms with E-state index in [2.05, 4.69) is 0 Å². The minimum absolute atomic E-state index is 0.174. The maximum Gasteiger partial charge on any atom is 0.238 e. The fraction of sp³-hybridized carbons (Fsp3) is 0.333. The fourth-order valence-electron chi connectivity index (χ4n) is 0.485. The molecular formula is C6H8N2O4. The summed E-state index contributed by atoms with van der Waals surface area (Å²) in [6.07, 6.45) is 0.347. The van der Waals surface area contributed by atoms with E-state index < -0.39 is 17.7 Å². The number of rotatable bonds is 4. The Morgan fingerprint density at radius 1 is 1.08 bits per heavy atom. The molecule has 0 aliphatic rings. The Kier molecular flexibility index (Phi) is 4.28. The fourth-order valence-corrected chi connectivity index (χ4v) is 0.485. The zero-order chi connectivity index (χ0) is 9.56. The molecule has 0 atom stereocenters. The van der Waals surface area contributed by atoms with E-state index in [0.29, 0.717) is 0 Å². The smallest absolute Gasteiger partial charge is 0.238 e. The zero-order valence-electron chi connectivity index (χ0n) is 6.37. The summed E-state index contributed by atoms with van der Waals surface area (Å²) in [4.78, 5) is 41.0. The van der Waals surface area contributed by atoms with Gasteiger partial charge in [-0.3, -0.25) is 29.8 Å². The first-order valence-electron chi connectivity index (χ1n) is 3.11. The van der Waals surface area contributed by atoms with Crippen molar-refractivity contribution >= 4 is 24.6 Å². The van der Waals surface area contributed by atoms with E-state index in [-0.39, 0.29) is 12.8 Å². The molecule has 0 aromatic heterocycles. The van der Waals surface area contributed by atoms with Gasteiger partial charge in [-0.1, -0.05) is 0 Å². The molecule has 0 saturated heterocycles. The summed E-state index contributed by atoms with van der Waals surface area (Å²) in [5.41, 5.74) is 0. The van der Waals surface area contributed by atoms with Crippen LogP contribution in [0.2, 0.25) is 0 Å². The Hall–Kier alpha value is -1.72. The molecule has 0 heterocycles. The molecule has 6 heteroatoms. The second-order valence-electron chi connectivity index (χ2n) is 1.97. The predicted octanol–water partition coefficient (Wildman–Crippen LogP) is -1.83. The third-order valence-electron chi connectivity index (χ3n) is 1.19. The summed E-state index contributed by atoms with van der Waals surface area (Å²) >= 11 is 0. The van der Waals surface area contributed by atoms with Crippen molar-refractivity contribution in [2.24, 2.45) is 5.92 Å². The summed E-state index contributed by atoms with van der Waals surface area (Å²) in [6.45, 7) is 1.28. The highest BCUT2D eigenvalue weighted by Crippen LogP contribution is 1.92. The normalized spacial score (nSPS) is 8.83. The van der Waals surface area contributed by atoms with Crippen molar-refractivity contribution in [3.63, 3.8) is 0 Å². The lowest BCUT2D eigenvalue weighted by Crippen LogP contribution is -2.38. The highest BCUT2D eigenvalue weighted by Gasteiger charge is 2.19. The Balaban J connectivity index is 4.07. The number of amides is 4. The second-order valence-corrected chi connectivity index (χ2v) is 1.97. The van der Waals surface area contributed by atoms with Gasteiger partial charge in [-0.05, 0) is 6.92 Å². The van der Waals surface area contributed by atoms with Crippen molar-refractivity contribution < 1.29 is 19.2 Å². The molecule has 4 amide bonds. The highest BCUT2D eigenvalue weighted by atomic mass is 16.2. The SMILES string of the molecule is CC(C(=O)NC=O)C(=O)NC=O. The average Bonchev–Trinajstić information content (AvgIpc) is 2.04. The second kappa shape index (κ2) is 5.00. The van der Waals surface area contributed by atoms with Gasteiger partial charge in [-0.2, -0.15) is 0 Å². The van der Waals surface area contributed by atoms with Crippen molar-refractivity contribution in [2.45, 2.75) is 6.92 Å². The van der Waals surface area contributed by atoms with Crippen LogP contribution in [-0.2, 0) is 19.2 Å². The zero-order valence-corrected chi connectivity index (χ0v) is 6.37. The van der Waals surface area contributed by atoms with E-state index in [1.807, 2.05) is 0 Å². The Bertz CT molecular complexity index is 192. The summed E-state index contributed by atoms with van der Waals surface area (Å²) in [5, 5.41) is 3.58. The van der Waals surface area contributed by atoms with Gasteiger partial charge < -0.3 is 0 Å². The molecule has 0 aliphatic carbocycles. The van der Waals surface area contributed by atoms with Crippen molar-refractivity contribution in [3.05, 3.63) is 0 Å². The number of carbonyl (C=O) groups excluding carboxylic acids is 4. The van der Waals surface area contributed by atoms with Crippen molar-refractivity contribution in [1.82, 2.24) is 10.6 Å². The average molecular weight is 172 g/mol. The van der Waals surface area contributed by atoms with Gasteiger partial charge in [0.2, 0.25) is 24.6 Å². The van der Waals surface area contributed by atoms with Gasteiger partial charge in [0.1, 0.15) is 5.92 Å². The molecule has 0 bridgehead atoms. The third kappa shape index (κ3) is 2.91. The van der Waals surface area contributed by atoms with Gasteiger partial charge in [-0.25, -0.2) is 0 Å². The molecule has 66 valence electrons. The van der Waals surface area contributed by atoms with Crippen LogP contribution in [0.5, 0.6) is 0 Å². The van der Waals surface area contributed by atoms with E-state index >= 15 is 0 Å². The molecule has 0 saturated carbocycles. The van der Waals surface area contributed by atoms with Crippen LogP contribution >= 0.6 is 0 Å². The third-order valence-corrected chi connectivity index (χ3v) is 1.19. The van der Waals surface area contributed by atoms with Crippen molar-refractivity contribution in [2.75, 3.05) is 0 Å². The number of imide groups is 2. The molecule has 0 aromatic rings. The van der Waals surface area contributed by atoms with E-state index in [1.165, 1.54) is 6.92 Å². The molecule has 0 radical (unpaired) electrons. The molecule has 2 N–H and O–H groups in total. The summed E-state index contributed by atoms with van der Waals surface area (Å²) in [5.74, 6) is -2.55. The first-order valence-corrected chi connectivity index (χ1v) is 3.11. The van der Waals surface area contributed by atoms with Gasteiger partial charge in [0, 0.05) is 0 Å². The molecule has 12 heavy (non-hydrogen) atoms. The summed E-state index contributed by atoms with van der Waals surface area (Å²) < 4.78 is 0. The van der Waals surface area contributed by atoms with Crippen LogP contribution in [-0.4, -0.2) is 24.6 Å². The monoisotopic (exact) mass is 172 g/mol. The maximum atomic E-state index is 10.7. The van der Waals surface area contributed by atoms with Crippen LogP contribution in [0.4, 0.5) is 0 Å². The summed E-state index contributed by atoms with van der Waals surface area (Å²) in [7, 11) is 0. The molecule has 0 aromatic carbocycles. The van der Waals surface area contributed by atoms with Crippen LogP contribution in [0, 0.1) is 5.92 Å². The van der Waals surface area contributed by atoms with Gasteiger partial charge in [0.15, 0.2) is 0 Å². The summed E-state index contributed by atoms with van der Waals surface area (Å²) in [6, 6.07) is 0. The topological polar surface area (TPSA) is 92.3 Å². The Labute approximate surface area is 68.3 Å². The lowest BCUT2D eigenvalue weighted by molar-refractivity contribution is -0.136. The largest absolute Gasteiger partial charge is 0.298 e. The molecule has 0 fully saturated rings. The number of carbonyl (C=O) groups is 4. The van der Waals surface area contributed by atoms with Crippen LogP contribution in [0.1, 0.15) is 6.92 Å². The van der Waals surface area contributed by atoms with E-state index in [0.717, 1.165) is 0 Å². The van der Waals surface area contributed by atoms with Crippen LogP contribution in [0.15, 0.2) is 0 Å².